The molecule has 3 aromatic carbocycles. The summed E-state index contributed by atoms with van der Waals surface area (Å²) in [7, 11) is 0. The van der Waals surface area contributed by atoms with E-state index in [1.807, 2.05) is 18.2 Å². The SMILES string of the molecule is O=C(Nc1cccc(Br)c1)c1nc(-c2cccc(Cl)c2)n(-c2ccc(Cl)c(Cl)c2)n1. The molecule has 4 aromatic rings. The fourth-order valence-corrected chi connectivity index (χ4v) is 3.65. The number of aromatic nitrogens is 3. The smallest absolute Gasteiger partial charge is 0.295 e. The molecule has 1 aromatic heterocycles. The first kappa shape index (κ1) is 20.9. The average molecular weight is 523 g/mol. The van der Waals surface area contributed by atoms with Crippen LogP contribution in [-0.2, 0) is 0 Å². The lowest BCUT2D eigenvalue weighted by Crippen LogP contribution is -2.14. The van der Waals surface area contributed by atoms with Crippen molar-refractivity contribution in [3.05, 3.63) is 92.1 Å². The van der Waals surface area contributed by atoms with Crippen LogP contribution < -0.4 is 5.32 Å². The normalized spacial score (nSPS) is 10.8. The van der Waals surface area contributed by atoms with Gasteiger partial charge in [0.15, 0.2) is 5.82 Å². The quantitative estimate of drug-likeness (QED) is 0.317. The van der Waals surface area contributed by atoms with Crippen LogP contribution >= 0.6 is 50.7 Å². The lowest BCUT2D eigenvalue weighted by Gasteiger charge is -2.07. The Bertz CT molecular complexity index is 1260. The summed E-state index contributed by atoms with van der Waals surface area (Å²) >= 11 is 21.8. The molecule has 4 rings (SSSR count). The predicted molar refractivity (Wildman–Crippen MR) is 124 cm³/mol. The number of hydrogen-bond donors (Lipinski definition) is 1. The van der Waals surface area contributed by atoms with Crippen molar-refractivity contribution in [1.82, 2.24) is 14.8 Å². The lowest BCUT2D eigenvalue weighted by molar-refractivity contribution is 0.101. The van der Waals surface area contributed by atoms with Gasteiger partial charge in [-0.15, -0.1) is 5.10 Å². The van der Waals surface area contributed by atoms with Gasteiger partial charge in [-0.05, 0) is 48.5 Å². The van der Waals surface area contributed by atoms with Crippen molar-refractivity contribution >= 4 is 62.3 Å². The first-order valence-corrected chi connectivity index (χ1v) is 10.6. The van der Waals surface area contributed by atoms with Crippen LogP contribution in [0.5, 0.6) is 0 Å². The highest BCUT2D eigenvalue weighted by molar-refractivity contribution is 9.10. The van der Waals surface area contributed by atoms with E-state index in [0.717, 1.165) is 4.47 Å². The Balaban J connectivity index is 1.79. The van der Waals surface area contributed by atoms with Gasteiger partial charge in [0.05, 0.1) is 15.7 Å². The Labute approximate surface area is 195 Å². The standard InChI is InChI=1S/C21H12BrCl3N4O/c22-13-4-2-6-15(10-13)26-21(30)19-27-20(12-3-1-5-14(23)9-12)29(28-19)16-7-8-17(24)18(25)11-16/h1-11H,(H,26,30). The van der Waals surface area contributed by atoms with E-state index in [9.17, 15) is 4.79 Å². The van der Waals surface area contributed by atoms with Gasteiger partial charge < -0.3 is 5.32 Å². The highest BCUT2D eigenvalue weighted by atomic mass is 79.9. The zero-order chi connectivity index (χ0) is 21.3. The Morgan fingerprint density at radius 3 is 2.47 bits per heavy atom. The van der Waals surface area contributed by atoms with Crippen LogP contribution in [0.2, 0.25) is 15.1 Å². The van der Waals surface area contributed by atoms with Gasteiger partial charge in [0.2, 0.25) is 5.82 Å². The van der Waals surface area contributed by atoms with Crippen LogP contribution in [0, 0.1) is 0 Å². The van der Waals surface area contributed by atoms with Crippen LogP contribution in [0.25, 0.3) is 17.1 Å². The number of carbonyl (C=O) groups is 1. The van der Waals surface area contributed by atoms with E-state index in [1.54, 1.807) is 48.5 Å². The Morgan fingerprint density at radius 1 is 0.933 bits per heavy atom. The van der Waals surface area contributed by atoms with Crippen LogP contribution in [0.1, 0.15) is 10.6 Å². The zero-order valence-electron chi connectivity index (χ0n) is 15.1. The van der Waals surface area contributed by atoms with E-state index in [1.165, 1.54) is 4.68 Å². The third-order valence-corrected chi connectivity index (χ3v) is 5.59. The number of rotatable bonds is 4. The van der Waals surface area contributed by atoms with Crippen molar-refractivity contribution in [1.29, 1.82) is 0 Å². The van der Waals surface area contributed by atoms with Crippen molar-refractivity contribution < 1.29 is 4.79 Å². The molecule has 1 heterocycles. The fraction of sp³-hybridized carbons (Fsp3) is 0. The van der Waals surface area contributed by atoms with Gasteiger partial charge in [0.1, 0.15) is 0 Å². The molecule has 0 aliphatic carbocycles. The molecule has 0 atom stereocenters. The molecule has 0 saturated carbocycles. The van der Waals surface area contributed by atoms with E-state index < -0.39 is 5.91 Å². The minimum atomic E-state index is -0.449. The van der Waals surface area contributed by atoms with Crippen molar-refractivity contribution in [2.75, 3.05) is 5.32 Å². The first-order chi connectivity index (χ1) is 14.4. The van der Waals surface area contributed by atoms with Crippen molar-refractivity contribution in [2.24, 2.45) is 0 Å². The first-order valence-electron chi connectivity index (χ1n) is 8.66. The number of nitrogens with one attached hydrogen (secondary N) is 1. The molecule has 0 radical (unpaired) electrons. The van der Waals surface area contributed by atoms with Gasteiger partial charge in [-0.25, -0.2) is 9.67 Å². The van der Waals surface area contributed by atoms with Gasteiger partial charge in [-0.1, -0.05) is 68.9 Å². The monoisotopic (exact) mass is 520 g/mol. The Morgan fingerprint density at radius 2 is 1.73 bits per heavy atom. The van der Waals surface area contributed by atoms with Crippen LogP contribution in [0.15, 0.2) is 71.2 Å². The maximum atomic E-state index is 12.8. The maximum Gasteiger partial charge on any atom is 0.295 e. The van der Waals surface area contributed by atoms with Crippen LogP contribution in [-0.4, -0.2) is 20.7 Å². The minimum absolute atomic E-state index is 0.00368. The minimum Gasteiger partial charge on any atom is -0.319 e. The van der Waals surface area contributed by atoms with E-state index in [4.69, 9.17) is 34.8 Å². The molecule has 1 N–H and O–H groups in total. The molecule has 0 aliphatic rings. The van der Waals surface area contributed by atoms with Crippen molar-refractivity contribution in [3.63, 3.8) is 0 Å². The average Bonchev–Trinajstić information content (AvgIpc) is 3.16. The highest BCUT2D eigenvalue weighted by Crippen LogP contribution is 2.28. The number of anilines is 1. The highest BCUT2D eigenvalue weighted by Gasteiger charge is 2.20. The van der Waals surface area contributed by atoms with Gasteiger partial charge >= 0.3 is 0 Å². The summed E-state index contributed by atoms with van der Waals surface area (Å²) in [5.74, 6) is -0.0125. The van der Waals surface area contributed by atoms with Crippen molar-refractivity contribution in [3.8, 4) is 17.1 Å². The molecule has 0 aliphatic heterocycles. The fourth-order valence-electron chi connectivity index (χ4n) is 2.77. The van der Waals surface area contributed by atoms with E-state index >= 15 is 0 Å². The zero-order valence-corrected chi connectivity index (χ0v) is 19.0. The van der Waals surface area contributed by atoms with Gasteiger partial charge in [-0.3, -0.25) is 4.79 Å². The summed E-state index contributed by atoms with van der Waals surface area (Å²) in [6.45, 7) is 0. The molecule has 9 heteroatoms. The maximum absolute atomic E-state index is 12.8. The second-order valence-electron chi connectivity index (χ2n) is 6.24. The number of benzene rings is 3. The van der Waals surface area contributed by atoms with Crippen LogP contribution in [0.4, 0.5) is 5.69 Å². The number of halogens is 4. The third-order valence-electron chi connectivity index (χ3n) is 4.12. The summed E-state index contributed by atoms with van der Waals surface area (Å²) < 4.78 is 2.37. The molecule has 0 fully saturated rings. The summed E-state index contributed by atoms with van der Waals surface area (Å²) in [5, 5.41) is 8.52. The molecule has 30 heavy (non-hydrogen) atoms. The van der Waals surface area contributed by atoms with E-state index in [2.05, 4.69) is 31.3 Å². The molecule has 0 saturated heterocycles. The van der Waals surface area contributed by atoms with E-state index in [0.29, 0.717) is 37.8 Å². The summed E-state index contributed by atoms with van der Waals surface area (Å²) in [6.07, 6.45) is 0. The topological polar surface area (TPSA) is 59.8 Å². The van der Waals surface area contributed by atoms with Crippen LogP contribution in [0.3, 0.4) is 0 Å². The molecular weight excluding hydrogens is 511 g/mol. The second-order valence-corrected chi connectivity index (χ2v) is 8.41. The van der Waals surface area contributed by atoms with Gasteiger partial charge in [0.25, 0.3) is 5.91 Å². The molecule has 1 amide bonds. The Kier molecular flexibility index (Phi) is 6.11. The number of hydrogen-bond acceptors (Lipinski definition) is 3. The van der Waals surface area contributed by atoms with E-state index in [-0.39, 0.29) is 5.82 Å². The van der Waals surface area contributed by atoms with Gasteiger partial charge in [-0.2, -0.15) is 0 Å². The summed E-state index contributed by atoms with van der Waals surface area (Å²) in [5.41, 5.74) is 1.92. The second kappa shape index (κ2) is 8.78. The molecule has 5 nitrogen and oxygen atoms in total. The molecule has 0 bridgehead atoms. The number of amides is 1. The molecule has 0 spiro atoms. The molecular formula is C21H12BrCl3N4O. The molecule has 0 unspecified atom stereocenters. The number of nitrogens with zero attached hydrogens (tertiary/aromatic N) is 3. The molecule has 150 valence electrons. The summed E-state index contributed by atoms with van der Waals surface area (Å²) in [4.78, 5) is 17.3. The predicted octanol–water partition coefficient (Wildman–Crippen LogP) is 6.91. The third kappa shape index (κ3) is 4.52. The van der Waals surface area contributed by atoms with Gasteiger partial charge in [0, 0.05) is 20.7 Å². The van der Waals surface area contributed by atoms with Crippen molar-refractivity contribution in [2.45, 2.75) is 0 Å². The largest absolute Gasteiger partial charge is 0.319 e. The Hall–Kier alpha value is -2.38. The number of carbonyl (C=O) groups excluding carboxylic acids is 1. The lowest BCUT2D eigenvalue weighted by atomic mass is 10.2. The summed E-state index contributed by atoms with van der Waals surface area (Å²) in [6, 6.07) is 19.4.